The highest BCUT2D eigenvalue weighted by Crippen LogP contribution is 2.27. The summed E-state index contributed by atoms with van der Waals surface area (Å²) in [5.41, 5.74) is 0.275. The van der Waals surface area contributed by atoms with Crippen molar-refractivity contribution in [1.82, 2.24) is 8.87 Å². The van der Waals surface area contributed by atoms with Gasteiger partial charge in [-0.05, 0) is 32.9 Å². The molecule has 0 amide bonds. The van der Waals surface area contributed by atoms with Crippen LogP contribution in [-0.2, 0) is 21.8 Å². The molecule has 1 aromatic carbocycles. The molecular formula is C15H20N2O5S. The van der Waals surface area contributed by atoms with Gasteiger partial charge in [-0.2, -0.15) is 4.31 Å². The Morgan fingerprint density at radius 3 is 2.65 bits per heavy atom. The third-order valence-corrected chi connectivity index (χ3v) is 5.75. The first-order valence-electron chi connectivity index (χ1n) is 7.38. The fourth-order valence-electron chi connectivity index (χ4n) is 3.00. The molecule has 7 nitrogen and oxygen atoms in total. The number of fused-ring (bicyclic) bond motifs is 1. The summed E-state index contributed by atoms with van der Waals surface area (Å²) in [7, 11) is -2.10. The van der Waals surface area contributed by atoms with Crippen molar-refractivity contribution in [2.24, 2.45) is 7.05 Å². The van der Waals surface area contributed by atoms with E-state index in [0.29, 0.717) is 12.1 Å². The van der Waals surface area contributed by atoms with E-state index in [9.17, 15) is 13.2 Å². The predicted molar refractivity (Wildman–Crippen MR) is 84.8 cm³/mol. The zero-order chi connectivity index (χ0) is 17.0. The van der Waals surface area contributed by atoms with Crippen molar-refractivity contribution in [3.8, 4) is 0 Å². The van der Waals surface area contributed by atoms with Gasteiger partial charge in [0.15, 0.2) is 5.58 Å². The van der Waals surface area contributed by atoms with E-state index in [1.165, 1.54) is 21.0 Å². The zero-order valence-electron chi connectivity index (χ0n) is 13.6. The van der Waals surface area contributed by atoms with Crippen molar-refractivity contribution in [1.29, 1.82) is 0 Å². The highest BCUT2D eigenvalue weighted by molar-refractivity contribution is 7.89. The lowest BCUT2D eigenvalue weighted by atomic mass is 10.1. The lowest BCUT2D eigenvalue weighted by molar-refractivity contribution is -0.109. The van der Waals surface area contributed by atoms with Crippen LogP contribution in [0, 0.1) is 0 Å². The number of sulfonamides is 1. The van der Waals surface area contributed by atoms with Crippen molar-refractivity contribution in [2.45, 2.75) is 37.4 Å². The molecule has 1 aromatic heterocycles. The number of rotatable bonds is 2. The van der Waals surface area contributed by atoms with Crippen LogP contribution in [0.2, 0.25) is 0 Å². The van der Waals surface area contributed by atoms with E-state index in [1.807, 2.05) is 20.8 Å². The number of hydrogen-bond donors (Lipinski definition) is 0. The molecular weight excluding hydrogens is 320 g/mol. The smallest absolute Gasteiger partial charge is 0.408 e. The van der Waals surface area contributed by atoms with Crippen LogP contribution in [0.15, 0.2) is 32.3 Å². The number of aryl methyl sites for hydroxylation is 1. The van der Waals surface area contributed by atoms with E-state index >= 15 is 0 Å². The Bertz CT molecular complexity index is 910. The van der Waals surface area contributed by atoms with Crippen molar-refractivity contribution >= 4 is 21.1 Å². The van der Waals surface area contributed by atoms with Crippen LogP contribution < -0.4 is 5.76 Å². The largest absolute Gasteiger partial charge is 0.419 e. The number of morpholine rings is 1. The highest BCUT2D eigenvalue weighted by Gasteiger charge is 2.38. The summed E-state index contributed by atoms with van der Waals surface area (Å²) in [6, 6.07) is 4.49. The molecule has 0 aliphatic carbocycles. The quantitative estimate of drug-likeness (QED) is 0.823. The highest BCUT2D eigenvalue weighted by atomic mass is 32.2. The molecule has 1 aliphatic rings. The van der Waals surface area contributed by atoms with Gasteiger partial charge in [-0.15, -0.1) is 0 Å². The van der Waals surface area contributed by atoms with Gasteiger partial charge in [-0.1, -0.05) is 0 Å². The molecule has 2 aromatic rings. The van der Waals surface area contributed by atoms with Gasteiger partial charge in [0.1, 0.15) is 0 Å². The Kier molecular flexibility index (Phi) is 3.66. The van der Waals surface area contributed by atoms with Crippen LogP contribution >= 0.6 is 0 Å². The molecule has 1 unspecified atom stereocenters. The summed E-state index contributed by atoms with van der Waals surface area (Å²) in [4.78, 5) is 11.7. The van der Waals surface area contributed by atoms with Gasteiger partial charge in [0.2, 0.25) is 10.0 Å². The molecule has 126 valence electrons. The van der Waals surface area contributed by atoms with E-state index < -0.39 is 21.4 Å². The fraction of sp³-hybridized carbons (Fsp3) is 0.533. The summed E-state index contributed by atoms with van der Waals surface area (Å²) >= 11 is 0. The molecule has 0 bridgehead atoms. The van der Waals surface area contributed by atoms with Crippen molar-refractivity contribution in [2.75, 3.05) is 13.1 Å². The Labute approximate surface area is 134 Å². The molecule has 1 saturated heterocycles. The number of nitrogens with zero attached hydrogens (tertiary/aromatic N) is 2. The van der Waals surface area contributed by atoms with Crippen LogP contribution in [0.1, 0.15) is 20.8 Å². The van der Waals surface area contributed by atoms with Gasteiger partial charge in [-0.25, -0.2) is 13.2 Å². The monoisotopic (exact) mass is 340 g/mol. The maximum absolute atomic E-state index is 12.9. The first kappa shape index (κ1) is 16.2. The number of benzene rings is 1. The molecule has 0 spiro atoms. The van der Waals surface area contributed by atoms with Crippen LogP contribution in [0.3, 0.4) is 0 Å². The van der Waals surface area contributed by atoms with Crippen molar-refractivity contribution in [3.05, 3.63) is 28.7 Å². The molecule has 2 heterocycles. The van der Waals surface area contributed by atoms with E-state index in [-0.39, 0.29) is 23.1 Å². The lowest BCUT2D eigenvalue weighted by Gasteiger charge is -2.40. The van der Waals surface area contributed by atoms with E-state index in [0.717, 1.165) is 0 Å². The maximum Gasteiger partial charge on any atom is 0.419 e. The van der Waals surface area contributed by atoms with Gasteiger partial charge in [0.05, 0.1) is 22.1 Å². The Morgan fingerprint density at radius 2 is 2.00 bits per heavy atom. The number of ether oxygens (including phenoxy) is 1. The number of aromatic nitrogens is 1. The van der Waals surface area contributed by atoms with Crippen molar-refractivity contribution in [3.63, 3.8) is 0 Å². The zero-order valence-corrected chi connectivity index (χ0v) is 14.4. The number of oxazole rings is 1. The standard InChI is InChI=1S/C15H20N2O5S/c1-10-8-17(9-15(2,3)22-10)23(19,20)11-5-6-12-13(7-11)21-14(18)16(12)4/h5-7,10H,8-9H2,1-4H3. The lowest BCUT2D eigenvalue weighted by Crippen LogP contribution is -2.53. The van der Waals surface area contributed by atoms with Gasteiger partial charge in [0, 0.05) is 26.2 Å². The van der Waals surface area contributed by atoms with E-state index in [4.69, 9.17) is 9.15 Å². The minimum Gasteiger partial charge on any atom is -0.408 e. The molecule has 1 fully saturated rings. The first-order chi connectivity index (χ1) is 10.6. The summed E-state index contributed by atoms with van der Waals surface area (Å²) in [6.07, 6.45) is -0.188. The molecule has 1 atom stereocenters. The van der Waals surface area contributed by atoms with Crippen LogP contribution in [0.25, 0.3) is 11.1 Å². The molecule has 8 heteroatoms. The predicted octanol–water partition coefficient (Wildman–Crippen LogP) is 1.32. The summed E-state index contributed by atoms with van der Waals surface area (Å²) in [5, 5.41) is 0. The molecule has 23 heavy (non-hydrogen) atoms. The topological polar surface area (TPSA) is 81.8 Å². The average molecular weight is 340 g/mol. The number of hydrogen-bond acceptors (Lipinski definition) is 5. The van der Waals surface area contributed by atoms with Crippen LogP contribution in [0.4, 0.5) is 0 Å². The maximum atomic E-state index is 12.9. The second-order valence-corrected chi connectivity index (χ2v) is 8.48. The normalized spacial score (nSPS) is 22.5. The minimum atomic E-state index is -3.68. The molecule has 0 N–H and O–H groups in total. The third-order valence-electron chi connectivity index (χ3n) is 3.94. The Balaban J connectivity index is 2.04. The van der Waals surface area contributed by atoms with Gasteiger partial charge in [-0.3, -0.25) is 4.57 Å². The second-order valence-electron chi connectivity index (χ2n) is 6.54. The van der Waals surface area contributed by atoms with Gasteiger partial charge in [0.25, 0.3) is 0 Å². The summed E-state index contributed by atoms with van der Waals surface area (Å²) in [6.45, 7) is 6.15. The average Bonchev–Trinajstić information content (AvgIpc) is 2.71. The van der Waals surface area contributed by atoms with Crippen molar-refractivity contribution < 1.29 is 17.6 Å². The van der Waals surface area contributed by atoms with Crippen LogP contribution in [0.5, 0.6) is 0 Å². The summed E-state index contributed by atoms with van der Waals surface area (Å²) < 4.78 is 39.4. The SMILES string of the molecule is CC1CN(S(=O)(=O)c2ccc3c(c2)oc(=O)n3C)CC(C)(C)O1. The second kappa shape index (κ2) is 5.19. The van der Waals surface area contributed by atoms with Gasteiger partial charge >= 0.3 is 5.76 Å². The van der Waals surface area contributed by atoms with Crippen LogP contribution in [-0.4, -0.2) is 42.1 Å². The van der Waals surface area contributed by atoms with E-state index in [2.05, 4.69) is 0 Å². The summed E-state index contributed by atoms with van der Waals surface area (Å²) in [5.74, 6) is -0.518. The Morgan fingerprint density at radius 1 is 1.30 bits per heavy atom. The molecule has 1 aliphatic heterocycles. The first-order valence-corrected chi connectivity index (χ1v) is 8.82. The Hall–Kier alpha value is -1.64. The minimum absolute atomic E-state index is 0.115. The molecule has 0 saturated carbocycles. The fourth-order valence-corrected chi connectivity index (χ4v) is 4.68. The molecule has 3 rings (SSSR count). The van der Waals surface area contributed by atoms with Gasteiger partial charge < -0.3 is 9.15 Å². The van der Waals surface area contributed by atoms with E-state index in [1.54, 1.807) is 13.1 Å². The molecule has 0 radical (unpaired) electrons. The third kappa shape index (κ3) is 2.82.